The van der Waals surface area contributed by atoms with Gasteiger partial charge in [-0.3, -0.25) is 15.6 Å². The van der Waals surface area contributed by atoms with Crippen molar-refractivity contribution in [1.82, 2.24) is 0 Å². The van der Waals surface area contributed by atoms with Gasteiger partial charge in [0.25, 0.3) is 0 Å². The molecule has 0 fully saturated rings. The monoisotopic (exact) mass is 267 g/mol. The zero-order valence-corrected chi connectivity index (χ0v) is 11.6. The van der Waals surface area contributed by atoms with Crippen LogP contribution >= 0.6 is 0 Å². The number of nitrogens with one attached hydrogen (secondary N) is 2. The standard InChI is InChI=1S/C16H17N3O/c1-12-7-6-10-15(11-12)19(16(17)13(2)20)18-14-8-4-3-5-9-14/h3-11,17-18H,1-2H3. The van der Waals surface area contributed by atoms with Gasteiger partial charge in [-0.15, -0.1) is 0 Å². The Morgan fingerprint density at radius 2 is 1.80 bits per heavy atom. The number of ketones is 1. The summed E-state index contributed by atoms with van der Waals surface area (Å²) in [6.07, 6.45) is 0. The molecule has 0 aromatic heterocycles. The maximum atomic E-state index is 11.5. The fraction of sp³-hybridized carbons (Fsp3) is 0.125. The molecule has 0 unspecified atom stereocenters. The maximum absolute atomic E-state index is 11.5. The van der Waals surface area contributed by atoms with Crippen LogP contribution < -0.4 is 10.4 Å². The number of nitrogens with zero attached hydrogens (tertiary/aromatic N) is 1. The summed E-state index contributed by atoms with van der Waals surface area (Å²) in [5.74, 6) is -0.394. The number of anilines is 2. The zero-order chi connectivity index (χ0) is 14.5. The number of carbonyl (C=O) groups is 1. The average molecular weight is 267 g/mol. The van der Waals surface area contributed by atoms with Crippen LogP contribution in [0.2, 0.25) is 0 Å². The van der Waals surface area contributed by atoms with Crippen molar-refractivity contribution in [2.24, 2.45) is 0 Å². The van der Waals surface area contributed by atoms with Crippen molar-refractivity contribution in [3.63, 3.8) is 0 Å². The first kappa shape index (κ1) is 13.8. The third-order valence-electron chi connectivity index (χ3n) is 2.83. The molecule has 2 aromatic rings. The molecule has 4 nitrogen and oxygen atoms in total. The van der Waals surface area contributed by atoms with Gasteiger partial charge in [0.05, 0.1) is 11.4 Å². The summed E-state index contributed by atoms with van der Waals surface area (Å²) in [6, 6.07) is 17.1. The lowest BCUT2D eigenvalue weighted by atomic mass is 10.2. The number of hydrogen-bond acceptors (Lipinski definition) is 3. The van der Waals surface area contributed by atoms with E-state index in [1.807, 2.05) is 61.5 Å². The van der Waals surface area contributed by atoms with E-state index in [2.05, 4.69) is 5.43 Å². The van der Waals surface area contributed by atoms with E-state index in [1.54, 1.807) is 0 Å². The fourth-order valence-electron chi connectivity index (χ4n) is 1.82. The smallest absolute Gasteiger partial charge is 0.196 e. The Bertz CT molecular complexity index is 623. The Hall–Kier alpha value is -2.62. The first-order valence-corrected chi connectivity index (χ1v) is 6.36. The summed E-state index contributed by atoms with van der Waals surface area (Å²) < 4.78 is 0. The van der Waals surface area contributed by atoms with Crippen LogP contribution in [0.15, 0.2) is 54.6 Å². The highest BCUT2D eigenvalue weighted by atomic mass is 16.1. The van der Waals surface area contributed by atoms with Gasteiger partial charge in [-0.05, 0) is 36.8 Å². The fourth-order valence-corrected chi connectivity index (χ4v) is 1.82. The summed E-state index contributed by atoms with van der Waals surface area (Å²) in [6.45, 7) is 3.36. The van der Waals surface area contributed by atoms with Crippen LogP contribution in [-0.4, -0.2) is 11.6 Å². The molecule has 102 valence electrons. The minimum absolute atomic E-state index is 0.0977. The van der Waals surface area contributed by atoms with Crippen LogP contribution in [0, 0.1) is 12.3 Å². The van der Waals surface area contributed by atoms with Gasteiger partial charge >= 0.3 is 0 Å². The zero-order valence-electron chi connectivity index (χ0n) is 11.6. The predicted octanol–water partition coefficient (Wildman–Crippen LogP) is 3.39. The second kappa shape index (κ2) is 6.02. The van der Waals surface area contributed by atoms with Gasteiger partial charge in [0.1, 0.15) is 0 Å². The molecule has 2 rings (SSSR count). The molecule has 0 aliphatic carbocycles. The lowest BCUT2D eigenvalue weighted by Crippen LogP contribution is -2.39. The van der Waals surface area contributed by atoms with Crippen LogP contribution in [0.3, 0.4) is 0 Å². The van der Waals surface area contributed by atoms with E-state index in [4.69, 9.17) is 5.41 Å². The van der Waals surface area contributed by atoms with E-state index in [1.165, 1.54) is 11.9 Å². The molecule has 0 saturated carbocycles. The van der Waals surface area contributed by atoms with Crippen LogP contribution in [0.5, 0.6) is 0 Å². The SMILES string of the molecule is CC(=O)C(=N)N(Nc1ccccc1)c1cccc(C)c1. The first-order valence-electron chi connectivity index (χ1n) is 6.36. The minimum atomic E-state index is -0.296. The molecule has 0 atom stereocenters. The van der Waals surface area contributed by atoms with E-state index in [-0.39, 0.29) is 11.6 Å². The maximum Gasteiger partial charge on any atom is 0.196 e. The van der Waals surface area contributed by atoms with E-state index in [9.17, 15) is 4.79 Å². The molecule has 4 heteroatoms. The van der Waals surface area contributed by atoms with Crippen molar-refractivity contribution < 1.29 is 4.79 Å². The molecule has 0 spiro atoms. The van der Waals surface area contributed by atoms with Crippen LogP contribution in [0.25, 0.3) is 0 Å². The number of benzene rings is 2. The largest absolute Gasteiger partial charge is 0.292 e. The number of Topliss-reactive ketones (excluding diaryl/α,β-unsaturated/α-hetero) is 1. The molecule has 0 saturated heterocycles. The van der Waals surface area contributed by atoms with Gasteiger partial charge in [0.2, 0.25) is 0 Å². The van der Waals surface area contributed by atoms with Crippen LogP contribution in [0.1, 0.15) is 12.5 Å². The van der Waals surface area contributed by atoms with E-state index >= 15 is 0 Å². The van der Waals surface area contributed by atoms with Gasteiger partial charge in [-0.25, -0.2) is 5.01 Å². The van der Waals surface area contributed by atoms with E-state index in [0.29, 0.717) is 0 Å². The van der Waals surface area contributed by atoms with Crippen molar-refractivity contribution in [2.75, 3.05) is 10.4 Å². The third kappa shape index (κ3) is 3.23. The number of hydrazine groups is 1. The number of hydrogen-bond donors (Lipinski definition) is 2. The minimum Gasteiger partial charge on any atom is -0.292 e. The number of carbonyl (C=O) groups excluding carboxylic acids is 1. The number of aryl methyl sites for hydroxylation is 1. The number of rotatable bonds is 4. The van der Waals surface area contributed by atoms with Gasteiger partial charge in [-0.1, -0.05) is 30.3 Å². The van der Waals surface area contributed by atoms with Crippen molar-refractivity contribution in [3.8, 4) is 0 Å². The van der Waals surface area contributed by atoms with Crippen LogP contribution in [-0.2, 0) is 4.79 Å². The Morgan fingerprint density at radius 3 is 2.40 bits per heavy atom. The normalized spacial score (nSPS) is 9.90. The number of para-hydroxylation sites is 1. The van der Waals surface area contributed by atoms with Crippen molar-refractivity contribution in [1.29, 1.82) is 5.41 Å². The van der Waals surface area contributed by atoms with Crippen molar-refractivity contribution >= 4 is 23.0 Å². The second-order valence-electron chi connectivity index (χ2n) is 4.56. The Kier molecular flexibility index (Phi) is 4.15. The molecule has 0 radical (unpaired) electrons. The first-order chi connectivity index (χ1) is 9.58. The van der Waals surface area contributed by atoms with E-state index < -0.39 is 0 Å². The lowest BCUT2D eigenvalue weighted by molar-refractivity contribution is -0.111. The molecular formula is C16H17N3O. The van der Waals surface area contributed by atoms with Gasteiger partial charge < -0.3 is 0 Å². The lowest BCUT2D eigenvalue weighted by Gasteiger charge is -2.25. The molecule has 0 aliphatic rings. The van der Waals surface area contributed by atoms with Gasteiger partial charge in [-0.2, -0.15) is 0 Å². The summed E-state index contributed by atoms with van der Waals surface area (Å²) in [4.78, 5) is 11.5. The van der Waals surface area contributed by atoms with Crippen molar-refractivity contribution in [3.05, 3.63) is 60.2 Å². The second-order valence-corrected chi connectivity index (χ2v) is 4.56. The Morgan fingerprint density at radius 1 is 1.10 bits per heavy atom. The summed E-state index contributed by atoms with van der Waals surface area (Å²) >= 11 is 0. The van der Waals surface area contributed by atoms with Crippen LogP contribution in [0.4, 0.5) is 11.4 Å². The van der Waals surface area contributed by atoms with Crippen molar-refractivity contribution in [2.45, 2.75) is 13.8 Å². The Labute approximate surface area is 118 Å². The molecule has 0 heterocycles. The topological polar surface area (TPSA) is 56.2 Å². The highest BCUT2D eigenvalue weighted by Crippen LogP contribution is 2.18. The molecule has 2 aromatic carbocycles. The van der Waals surface area contributed by atoms with E-state index in [0.717, 1.165) is 16.9 Å². The summed E-state index contributed by atoms with van der Waals surface area (Å²) in [5, 5.41) is 9.46. The molecule has 20 heavy (non-hydrogen) atoms. The average Bonchev–Trinajstić information content (AvgIpc) is 2.45. The van der Waals surface area contributed by atoms with Gasteiger partial charge in [0, 0.05) is 6.92 Å². The molecule has 0 amide bonds. The predicted molar refractivity (Wildman–Crippen MR) is 82.1 cm³/mol. The quantitative estimate of drug-likeness (QED) is 0.507. The number of amidine groups is 1. The third-order valence-corrected chi connectivity index (χ3v) is 2.83. The molecular weight excluding hydrogens is 250 g/mol. The summed E-state index contributed by atoms with van der Waals surface area (Å²) in [7, 11) is 0. The highest BCUT2D eigenvalue weighted by Gasteiger charge is 2.16. The molecule has 0 aliphatic heterocycles. The summed E-state index contributed by atoms with van der Waals surface area (Å²) in [5.41, 5.74) is 5.74. The van der Waals surface area contributed by atoms with Gasteiger partial charge in [0.15, 0.2) is 11.6 Å². The highest BCUT2D eigenvalue weighted by molar-refractivity contribution is 6.42. The molecule has 2 N–H and O–H groups in total. The Balaban J connectivity index is 2.35. The molecule has 0 bridgehead atoms.